The van der Waals surface area contributed by atoms with E-state index >= 15 is 0 Å². The van der Waals surface area contributed by atoms with Crippen molar-refractivity contribution in [2.24, 2.45) is 0 Å². The SMILES string of the molecule is C=CC[n+]1cc([O-])on1. The maximum absolute atomic E-state index is 10.3. The van der Waals surface area contributed by atoms with Crippen molar-refractivity contribution < 1.29 is 14.3 Å². The highest BCUT2D eigenvalue weighted by Gasteiger charge is 1.96. The number of hydrogen-bond donors (Lipinski definition) is 0. The molecule has 0 bridgehead atoms. The highest BCUT2D eigenvalue weighted by Crippen LogP contribution is 1.91. The van der Waals surface area contributed by atoms with Gasteiger partial charge in [-0.15, -0.1) is 0 Å². The Morgan fingerprint density at radius 1 is 2.00 bits per heavy atom. The standard InChI is InChI=1S/C5H6N2O2/c1-2-3-7-4-5(8)9-6-7/h2,4H,1,3H2. The first-order chi connectivity index (χ1) is 4.33. The summed E-state index contributed by atoms with van der Waals surface area (Å²) in [4.78, 5) is 0. The molecule has 1 rings (SSSR count). The normalized spacial score (nSPS) is 9.33. The van der Waals surface area contributed by atoms with Crippen molar-refractivity contribution in [2.45, 2.75) is 6.54 Å². The Labute approximate surface area is 52.0 Å². The molecule has 0 aliphatic rings. The topological polar surface area (TPSA) is 53.0 Å². The van der Waals surface area contributed by atoms with Gasteiger partial charge >= 0.3 is 0 Å². The third-order valence-corrected chi connectivity index (χ3v) is 0.806. The van der Waals surface area contributed by atoms with Gasteiger partial charge in [0.05, 0.1) is 5.27 Å². The molecule has 0 saturated heterocycles. The quantitative estimate of drug-likeness (QED) is 0.386. The average molecular weight is 126 g/mol. The third-order valence-electron chi connectivity index (χ3n) is 0.806. The van der Waals surface area contributed by atoms with E-state index in [9.17, 15) is 5.11 Å². The van der Waals surface area contributed by atoms with Crippen LogP contribution < -0.4 is 9.79 Å². The van der Waals surface area contributed by atoms with Crippen LogP contribution in [0.15, 0.2) is 23.4 Å². The zero-order valence-electron chi connectivity index (χ0n) is 4.78. The molecule has 0 N–H and O–H groups in total. The van der Waals surface area contributed by atoms with Gasteiger partial charge in [-0.2, -0.15) is 0 Å². The molecule has 4 nitrogen and oxygen atoms in total. The minimum absolute atomic E-state index is 0.433. The molecule has 0 unspecified atom stereocenters. The third kappa shape index (κ3) is 1.28. The molecule has 1 aromatic rings. The van der Waals surface area contributed by atoms with Gasteiger partial charge in [-0.05, 0) is 6.08 Å². The monoisotopic (exact) mass is 126 g/mol. The van der Waals surface area contributed by atoms with Crippen molar-refractivity contribution in [1.82, 2.24) is 5.27 Å². The molecular weight excluding hydrogens is 120 g/mol. The molecular formula is C5H6N2O2. The highest BCUT2D eigenvalue weighted by molar-refractivity contribution is 4.80. The Balaban J connectivity index is 2.72. The smallest absolute Gasteiger partial charge is 0.221 e. The van der Waals surface area contributed by atoms with Crippen LogP contribution in [-0.4, -0.2) is 5.27 Å². The predicted molar refractivity (Wildman–Crippen MR) is 26.3 cm³/mol. The lowest BCUT2D eigenvalue weighted by molar-refractivity contribution is -0.753. The van der Waals surface area contributed by atoms with Crippen molar-refractivity contribution in [1.29, 1.82) is 0 Å². The summed E-state index contributed by atoms with van der Waals surface area (Å²) in [7, 11) is 0. The van der Waals surface area contributed by atoms with E-state index in [1.54, 1.807) is 6.08 Å². The molecule has 0 aliphatic heterocycles. The second kappa shape index (κ2) is 2.30. The number of nitrogens with zero attached hydrogens (tertiary/aromatic N) is 2. The van der Waals surface area contributed by atoms with Crippen molar-refractivity contribution in [3.63, 3.8) is 0 Å². The summed E-state index contributed by atoms with van der Waals surface area (Å²) in [6.45, 7) is 3.97. The summed E-state index contributed by atoms with van der Waals surface area (Å²) in [5, 5.41) is 13.6. The van der Waals surface area contributed by atoms with E-state index in [0.29, 0.717) is 6.54 Å². The maximum Gasteiger partial charge on any atom is 0.221 e. The molecule has 1 aromatic heterocycles. The van der Waals surface area contributed by atoms with Gasteiger partial charge in [0, 0.05) is 0 Å². The minimum atomic E-state index is -0.433. The van der Waals surface area contributed by atoms with Gasteiger partial charge in [-0.3, -0.25) is 0 Å². The van der Waals surface area contributed by atoms with Crippen molar-refractivity contribution in [2.75, 3.05) is 0 Å². The first-order valence-corrected chi connectivity index (χ1v) is 2.47. The van der Waals surface area contributed by atoms with E-state index in [4.69, 9.17) is 0 Å². The van der Waals surface area contributed by atoms with Crippen LogP contribution in [0.25, 0.3) is 0 Å². The van der Waals surface area contributed by atoms with Crippen molar-refractivity contribution >= 4 is 0 Å². The van der Waals surface area contributed by atoms with Crippen LogP contribution in [0.5, 0.6) is 5.95 Å². The van der Waals surface area contributed by atoms with Crippen LogP contribution >= 0.6 is 0 Å². The number of hydrogen-bond acceptors (Lipinski definition) is 3. The van der Waals surface area contributed by atoms with Crippen LogP contribution in [0.4, 0.5) is 0 Å². The van der Waals surface area contributed by atoms with Gasteiger partial charge < -0.3 is 9.63 Å². The van der Waals surface area contributed by atoms with Crippen LogP contribution in [0.2, 0.25) is 0 Å². The summed E-state index contributed by atoms with van der Waals surface area (Å²) in [6.07, 6.45) is 2.89. The first-order valence-electron chi connectivity index (χ1n) is 2.47. The summed E-state index contributed by atoms with van der Waals surface area (Å²) in [6, 6.07) is 0. The molecule has 0 amide bonds. The molecule has 0 fully saturated rings. The number of rotatable bonds is 2. The van der Waals surface area contributed by atoms with Crippen LogP contribution in [-0.2, 0) is 6.54 Å². The molecule has 9 heavy (non-hydrogen) atoms. The zero-order valence-corrected chi connectivity index (χ0v) is 4.78. The Morgan fingerprint density at radius 2 is 2.78 bits per heavy atom. The van der Waals surface area contributed by atoms with Gasteiger partial charge in [0.25, 0.3) is 0 Å². The zero-order chi connectivity index (χ0) is 6.69. The molecule has 48 valence electrons. The maximum atomic E-state index is 10.3. The fourth-order valence-corrected chi connectivity index (χ4v) is 0.480. The van der Waals surface area contributed by atoms with Gasteiger partial charge in [0.1, 0.15) is 5.95 Å². The van der Waals surface area contributed by atoms with Crippen molar-refractivity contribution in [3.8, 4) is 5.95 Å². The average Bonchev–Trinajstić information content (AvgIpc) is 2.17. The van der Waals surface area contributed by atoms with Crippen LogP contribution in [0, 0.1) is 0 Å². The largest absolute Gasteiger partial charge is 0.539 e. The summed E-state index contributed by atoms with van der Waals surface area (Å²) >= 11 is 0. The van der Waals surface area contributed by atoms with E-state index in [1.165, 1.54) is 10.9 Å². The van der Waals surface area contributed by atoms with Crippen LogP contribution in [0.1, 0.15) is 0 Å². The Hall–Kier alpha value is -1.32. The van der Waals surface area contributed by atoms with Crippen molar-refractivity contribution in [3.05, 3.63) is 18.9 Å². The molecule has 0 radical (unpaired) electrons. The fourth-order valence-electron chi connectivity index (χ4n) is 0.480. The number of allylic oxidation sites excluding steroid dienone is 1. The Morgan fingerprint density at radius 3 is 3.22 bits per heavy atom. The summed E-state index contributed by atoms with van der Waals surface area (Å²) < 4.78 is 5.60. The van der Waals surface area contributed by atoms with E-state index in [2.05, 4.69) is 16.4 Å². The van der Waals surface area contributed by atoms with E-state index < -0.39 is 5.95 Å². The molecule has 0 aliphatic carbocycles. The highest BCUT2D eigenvalue weighted by atomic mass is 16.6. The van der Waals surface area contributed by atoms with Gasteiger partial charge in [0.2, 0.25) is 6.20 Å². The molecule has 4 heteroatoms. The lowest BCUT2D eigenvalue weighted by Gasteiger charge is -1.75. The molecule has 1 heterocycles. The second-order valence-corrected chi connectivity index (χ2v) is 1.53. The molecule has 0 saturated carbocycles. The first kappa shape index (κ1) is 5.81. The predicted octanol–water partition coefficient (Wildman–Crippen LogP) is -0.778. The van der Waals surface area contributed by atoms with E-state index in [-0.39, 0.29) is 0 Å². The lowest BCUT2D eigenvalue weighted by atomic mass is 10.6. The Bertz CT molecular complexity index is 206. The van der Waals surface area contributed by atoms with Gasteiger partial charge in [0.15, 0.2) is 6.54 Å². The minimum Gasteiger partial charge on any atom is -0.539 e. The van der Waals surface area contributed by atoms with Crippen LogP contribution in [0.3, 0.4) is 0 Å². The summed E-state index contributed by atoms with van der Waals surface area (Å²) in [5.74, 6) is -0.433. The Kier molecular flexibility index (Phi) is 1.48. The molecule has 0 aromatic carbocycles. The van der Waals surface area contributed by atoms with E-state index in [1.807, 2.05) is 0 Å². The van der Waals surface area contributed by atoms with Gasteiger partial charge in [-0.1, -0.05) is 11.3 Å². The van der Waals surface area contributed by atoms with E-state index in [0.717, 1.165) is 0 Å². The number of aromatic nitrogens is 2. The molecule has 0 spiro atoms. The second-order valence-electron chi connectivity index (χ2n) is 1.53. The summed E-state index contributed by atoms with van der Waals surface area (Å²) in [5.41, 5.74) is 0. The van der Waals surface area contributed by atoms with Gasteiger partial charge in [-0.25, -0.2) is 0 Å². The molecule has 0 atom stereocenters. The fraction of sp³-hybridized carbons (Fsp3) is 0.200. The lowest BCUT2D eigenvalue weighted by Crippen LogP contribution is -2.33.